The molecule has 0 atom stereocenters. The highest BCUT2D eigenvalue weighted by Crippen LogP contribution is 2.33. The smallest absolute Gasteiger partial charge is 0.255 e. The maximum absolute atomic E-state index is 12.2. The normalized spacial score (nSPS) is 10.3. The van der Waals surface area contributed by atoms with Crippen molar-refractivity contribution in [2.45, 2.75) is 0 Å². The highest BCUT2D eigenvalue weighted by molar-refractivity contribution is 14.1. The Morgan fingerprint density at radius 2 is 1.79 bits per heavy atom. The standard InChI is InChI=1S/C13H9Br2IN2O/c14-10-5-9(17)6-11(15)12(10)18-13(19)7-2-1-3-8(16)4-7/h1-6H,17H2,(H,18,19). The van der Waals surface area contributed by atoms with E-state index in [-0.39, 0.29) is 5.91 Å². The molecule has 19 heavy (non-hydrogen) atoms. The monoisotopic (exact) mass is 494 g/mol. The van der Waals surface area contributed by atoms with E-state index >= 15 is 0 Å². The summed E-state index contributed by atoms with van der Waals surface area (Å²) in [6.07, 6.45) is 0. The summed E-state index contributed by atoms with van der Waals surface area (Å²) >= 11 is 8.95. The predicted molar refractivity (Wildman–Crippen MR) is 93.4 cm³/mol. The maximum atomic E-state index is 12.2. The topological polar surface area (TPSA) is 55.1 Å². The lowest BCUT2D eigenvalue weighted by atomic mass is 10.2. The highest BCUT2D eigenvalue weighted by atomic mass is 127. The van der Waals surface area contributed by atoms with E-state index in [0.29, 0.717) is 16.9 Å². The SMILES string of the molecule is Nc1cc(Br)c(NC(=O)c2cccc(I)c2)c(Br)c1. The van der Waals surface area contributed by atoms with Crippen LogP contribution < -0.4 is 11.1 Å². The van der Waals surface area contributed by atoms with Crippen molar-refractivity contribution in [1.29, 1.82) is 0 Å². The van der Waals surface area contributed by atoms with Crippen molar-refractivity contribution in [3.63, 3.8) is 0 Å². The van der Waals surface area contributed by atoms with Crippen LogP contribution in [0.1, 0.15) is 10.4 Å². The van der Waals surface area contributed by atoms with Gasteiger partial charge in [-0.15, -0.1) is 0 Å². The molecule has 2 rings (SSSR count). The molecule has 0 saturated carbocycles. The Balaban J connectivity index is 2.29. The number of hydrogen-bond donors (Lipinski definition) is 2. The quantitative estimate of drug-likeness (QED) is 0.471. The summed E-state index contributed by atoms with van der Waals surface area (Å²) in [7, 11) is 0. The number of rotatable bonds is 2. The number of amides is 1. The first-order valence-corrected chi connectivity index (χ1v) is 7.95. The minimum Gasteiger partial charge on any atom is -0.399 e. The van der Waals surface area contributed by atoms with Crippen molar-refractivity contribution in [3.05, 3.63) is 54.5 Å². The van der Waals surface area contributed by atoms with Gasteiger partial charge in [-0.05, 0) is 84.8 Å². The van der Waals surface area contributed by atoms with Gasteiger partial charge < -0.3 is 11.1 Å². The Hall–Kier alpha value is -0.600. The van der Waals surface area contributed by atoms with Crippen LogP contribution in [-0.4, -0.2) is 5.91 Å². The second kappa shape index (κ2) is 6.23. The molecular weight excluding hydrogens is 487 g/mol. The molecule has 0 radical (unpaired) electrons. The van der Waals surface area contributed by atoms with Gasteiger partial charge in [0.15, 0.2) is 0 Å². The first kappa shape index (κ1) is 14.8. The minimum absolute atomic E-state index is 0.162. The van der Waals surface area contributed by atoms with Crippen molar-refractivity contribution >= 4 is 71.7 Å². The summed E-state index contributed by atoms with van der Waals surface area (Å²) < 4.78 is 2.48. The molecule has 0 heterocycles. The van der Waals surface area contributed by atoms with Gasteiger partial charge in [-0.3, -0.25) is 4.79 Å². The van der Waals surface area contributed by atoms with E-state index in [2.05, 4.69) is 59.8 Å². The number of carbonyl (C=O) groups excluding carboxylic acids is 1. The fraction of sp³-hybridized carbons (Fsp3) is 0. The molecule has 2 aromatic rings. The summed E-state index contributed by atoms with van der Waals surface area (Å²) in [5, 5.41) is 2.86. The zero-order chi connectivity index (χ0) is 14.0. The summed E-state index contributed by atoms with van der Waals surface area (Å²) in [6.45, 7) is 0. The van der Waals surface area contributed by atoms with Gasteiger partial charge in [0.25, 0.3) is 5.91 Å². The molecule has 3 N–H and O–H groups in total. The summed E-state index contributed by atoms with van der Waals surface area (Å²) in [5.74, 6) is -0.162. The third-order valence-corrected chi connectivity index (χ3v) is 4.31. The van der Waals surface area contributed by atoms with E-state index in [0.717, 1.165) is 12.5 Å². The van der Waals surface area contributed by atoms with Gasteiger partial charge in [0, 0.05) is 23.8 Å². The van der Waals surface area contributed by atoms with Gasteiger partial charge in [-0.25, -0.2) is 0 Å². The molecule has 0 saturated heterocycles. The van der Waals surface area contributed by atoms with Crippen LogP contribution in [0.2, 0.25) is 0 Å². The van der Waals surface area contributed by atoms with Gasteiger partial charge in [0.1, 0.15) is 0 Å². The number of nitrogens with one attached hydrogen (secondary N) is 1. The van der Waals surface area contributed by atoms with Crippen molar-refractivity contribution < 1.29 is 4.79 Å². The lowest BCUT2D eigenvalue weighted by Gasteiger charge is -2.11. The fourth-order valence-corrected chi connectivity index (χ4v) is 3.49. The Morgan fingerprint density at radius 3 is 2.37 bits per heavy atom. The van der Waals surface area contributed by atoms with E-state index in [1.807, 2.05) is 18.2 Å². The number of benzene rings is 2. The fourth-order valence-electron chi connectivity index (χ4n) is 1.53. The lowest BCUT2D eigenvalue weighted by molar-refractivity contribution is 0.102. The van der Waals surface area contributed by atoms with Crippen LogP contribution >= 0.6 is 54.5 Å². The van der Waals surface area contributed by atoms with Crippen molar-refractivity contribution in [1.82, 2.24) is 0 Å². The molecule has 0 unspecified atom stereocenters. The maximum Gasteiger partial charge on any atom is 0.255 e. The van der Waals surface area contributed by atoms with Crippen molar-refractivity contribution in [2.75, 3.05) is 11.1 Å². The molecule has 0 aliphatic heterocycles. The molecule has 98 valence electrons. The second-order valence-electron chi connectivity index (χ2n) is 3.82. The molecule has 0 aliphatic carbocycles. The molecule has 6 heteroatoms. The highest BCUT2D eigenvalue weighted by Gasteiger charge is 2.12. The van der Waals surface area contributed by atoms with Gasteiger partial charge in [0.05, 0.1) is 5.69 Å². The predicted octanol–water partition coefficient (Wildman–Crippen LogP) is 4.65. The number of hydrogen-bond acceptors (Lipinski definition) is 2. The Morgan fingerprint density at radius 1 is 1.16 bits per heavy atom. The van der Waals surface area contributed by atoms with Crippen molar-refractivity contribution in [3.8, 4) is 0 Å². The molecule has 0 fully saturated rings. The average molecular weight is 496 g/mol. The zero-order valence-electron chi connectivity index (χ0n) is 9.58. The lowest BCUT2D eigenvalue weighted by Crippen LogP contribution is -2.13. The minimum atomic E-state index is -0.162. The summed E-state index contributed by atoms with van der Waals surface area (Å²) in [6, 6.07) is 10.9. The molecule has 3 nitrogen and oxygen atoms in total. The third kappa shape index (κ3) is 3.70. The summed E-state index contributed by atoms with van der Waals surface area (Å²) in [4.78, 5) is 12.2. The van der Waals surface area contributed by atoms with Crippen LogP contribution in [0.15, 0.2) is 45.3 Å². The third-order valence-electron chi connectivity index (χ3n) is 2.39. The van der Waals surface area contributed by atoms with Crippen LogP contribution in [0.5, 0.6) is 0 Å². The molecule has 0 bridgehead atoms. The number of anilines is 2. The van der Waals surface area contributed by atoms with Crippen molar-refractivity contribution in [2.24, 2.45) is 0 Å². The van der Waals surface area contributed by atoms with Gasteiger partial charge in [-0.2, -0.15) is 0 Å². The van der Waals surface area contributed by atoms with Gasteiger partial charge in [0.2, 0.25) is 0 Å². The van der Waals surface area contributed by atoms with E-state index in [1.54, 1.807) is 18.2 Å². The van der Waals surface area contributed by atoms with Crippen LogP contribution in [0.3, 0.4) is 0 Å². The van der Waals surface area contributed by atoms with E-state index < -0.39 is 0 Å². The number of nitrogens with two attached hydrogens (primary N) is 1. The van der Waals surface area contributed by atoms with Crippen LogP contribution in [-0.2, 0) is 0 Å². The molecule has 0 spiro atoms. The average Bonchev–Trinajstić information content (AvgIpc) is 2.33. The van der Waals surface area contributed by atoms with E-state index in [9.17, 15) is 4.79 Å². The van der Waals surface area contributed by atoms with Gasteiger partial charge in [-0.1, -0.05) is 6.07 Å². The van der Waals surface area contributed by atoms with Crippen LogP contribution in [0.4, 0.5) is 11.4 Å². The van der Waals surface area contributed by atoms with Gasteiger partial charge >= 0.3 is 0 Å². The summed E-state index contributed by atoms with van der Waals surface area (Å²) in [5.41, 5.74) is 7.61. The van der Waals surface area contributed by atoms with E-state index in [1.165, 1.54) is 0 Å². The Labute approximate surface area is 141 Å². The first-order chi connectivity index (χ1) is 8.97. The number of carbonyl (C=O) groups is 1. The molecule has 0 aliphatic rings. The molecule has 0 aromatic heterocycles. The Kier molecular flexibility index (Phi) is 4.86. The first-order valence-electron chi connectivity index (χ1n) is 5.29. The number of nitrogen functional groups attached to an aromatic ring is 1. The number of halogens is 3. The second-order valence-corrected chi connectivity index (χ2v) is 6.78. The van der Waals surface area contributed by atoms with Crippen LogP contribution in [0.25, 0.3) is 0 Å². The molecule has 2 aromatic carbocycles. The van der Waals surface area contributed by atoms with Crippen LogP contribution in [0, 0.1) is 3.57 Å². The zero-order valence-corrected chi connectivity index (χ0v) is 14.9. The van der Waals surface area contributed by atoms with E-state index in [4.69, 9.17) is 5.73 Å². The molecule has 1 amide bonds. The Bertz CT molecular complexity index is 623. The largest absolute Gasteiger partial charge is 0.399 e. The molecular formula is C13H9Br2IN2O.